The van der Waals surface area contributed by atoms with Crippen molar-refractivity contribution < 1.29 is 22.7 Å². The number of pyridine rings is 1. The molecule has 0 aliphatic rings. The number of ether oxygens (including phenoxy) is 1. The zero-order valence-electron chi connectivity index (χ0n) is 18.1. The van der Waals surface area contributed by atoms with E-state index < -0.39 is 23.3 Å². The fourth-order valence-corrected chi connectivity index (χ4v) is 3.17. The highest BCUT2D eigenvalue weighted by molar-refractivity contribution is 6.08. The third-order valence-corrected chi connectivity index (χ3v) is 4.80. The topological polar surface area (TPSA) is 51.2 Å². The van der Waals surface area contributed by atoms with Gasteiger partial charge in [0.2, 0.25) is 0 Å². The molecule has 2 rings (SSSR count). The predicted octanol–water partition coefficient (Wildman–Crippen LogP) is 6.21. The first-order valence-electron chi connectivity index (χ1n) is 10.2. The highest BCUT2D eigenvalue weighted by atomic mass is 19.4. The van der Waals surface area contributed by atoms with Crippen LogP contribution in [0, 0.1) is 12.8 Å². The minimum absolute atomic E-state index is 0.0972. The van der Waals surface area contributed by atoms with Crippen molar-refractivity contribution in [1.29, 1.82) is 0 Å². The number of para-hydroxylation sites is 1. The maximum atomic E-state index is 13.8. The third-order valence-electron chi connectivity index (χ3n) is 4.80. The van der Waals surface area contributed by atoms with Crippen molar-refractivity contribution in [3.8, 4) is 5.75 Å². The molecule has 0 saturated carbocycles. The Balaban J connectivity index is 2.54. The predicted molar refractivity (Wildman–Crippen MR) is 112 cm³/mol. The normalized spacial score (nSPS) is 11.6. The monoisotopic (exact) mass is 422 g/mol. The van der Waals surface area contributed by atoms with Gasteiger partial charge in [0.25, 0.3) is 5.91 Å². The van der Waals surface area contributed by atoms with Crippen molar-refractivity contribution in [3.63, 3.8) is 0 Å². The number of hydrogen-bond acceptors (Lipinski definition) is 3. The van der Waals surface area contributed by atoms with Crippen LogP contribution in [0.4, 0.5) is 18.9 Å². The standard InChI is InChI=1S/C23H29F3N2O2/c1-6-16-9-8-10-17(7-2)20(16)28-22(29)19-18(30-12-11-14(3)4)13-15(5)27-21(19)23(24,25)26/h8-10,13-14H,6-7,11-12H2,1-5H3,(H,28,29). The Morgan fingerprint density at radius 3 is 2.27 bits per heavy atom. The van der Waals surface area contributed by atoms with Crippen LogP contribution in [0.25, 0.3) is 0 Å². The first-order chi connectivity index (χ1) is 14.1. The number of nitrogens with zero attached hydrogens (tertiary/aromatic N) is 1. The van der Waals surface area contributed by atoms with Gasteiger partial charge in [-0.2, -0.15) is 13.2 Å². The smallest absolute Gasteiger partial charge is 0.434 e. The summed E-state index contributed by atoms with van der Waals surface area (Å²) in [7, 11) is 0. The molecule has 164 valence electrons. The van der Waals surface area contributed by atoms with E-state index in [-0.39, 0.29) is 18.1 Å². The number of alkyl halides is 3. The molecule has 1 heterocycles. The van der Waals surface area contributed by atoms with Gasteiger partial charge in [-0.3, -0.25) is 4.79 Å². The van der Waals surface area contributed by atoms with Crippen molar-refractivity contribution >= 4 is 11.6 Å². The molecule has 0 fully saturated rings. The second-order valence-corrected chi connectivity index (χ2v) is 7.63. The number of carbonyl (C=O) groups is 1. The lowest BCUT2D eigenvalue weighted by molar-refractivity contribution is -0.141. The zero-order chi connectivity index (χ0) is 22.5. The van der Waals surface area contributed by atoms with Crippen molar-refractivity contribution in [2.75, 3.05) is 11.9 Å². The van der Waals surface area contributed by atoms with Gasteiger partial charge in [0.15, 0.2) is 5.69 Å². The SMILES string of the molecule is CCc1cccc(CC)c1NC(=O)c1c(OCCC(C)C)cc(C)nc1C(F)(F)F. The minimum Gasteiger partial charge on any atom is -0.493 e. The summed E-state index contributed by atoms with van der Waals surface area (Å²) in [5, 5.41) is 2.71. The van der Waals surface area contributed by atoms with Gasteiger partial charge in [-0.15, -0.1) is 0 Å². The second kappa shape index (κ2) is 9.96. The number of hydrogen-bond donors (Lipinski definition) is 1. The fraction of sp³-hybridized carbons (Fsp3) is 0.478. The maximum Gasteiger partial charge on any atom is 0.434 e. The van der Waals surface area contributed by atoms with Crippen LogP contribution < -0.4 is 10.1 Å². The number of aromatic nitrogens is 1. The van der Waals surface area contributed by atoms with E-state index in [1.165, 1.54) is 13.0 Å². The average molecular weight is 422 g/mol. The molecule has 2 aromatic rings. The van der Waals surface area contributed by atoms with Crippen LogP contribution >= 0.6 is 0 Å². The van der Waals surface area contributed by atoms with Gasteiger partial charge < -0.3 is 10.1 Å². The van der Waals surface area contributed by atoms with Crippen LogP contribution in [0.1, 0.15) is 67.0 Å². The van der Waals surface area contributed by atoms with E-state index >= 15 is 0 Å². The van der Waals surface area contributed by atoms with Crippen LogP contribution in [0.2, 0.25) is 0 Å². The molecule has 1 aromatic carbocycles. The number of benzene rings is 1. The minimum atomic E-state index is -4.79. The highest BCUT2D eigenvalue weighted by Gasteiger charge is 2.39. The van der Waals surface area contributed by atoms with Gasteiger partial charge in [-0.1, -0.05) is 45.9 Å². The molecule has 0 radical (unpaired) electrons. The molecular formula is C23H29F3N2O2. The lowest BCUT2D eigenvalue weighted by Gasteiger charge is -2.19. The van der Waals surface area contributed by atoms with Gasteiger partial charge in [-0.25, -0.2) is 4.98 Å². The van der Waals surface area contributed by atoms with E-state index in [2.05, 4.69) is 10.3 Å². The lowest BCUT2D eigenvalue weighted by Crippen LogP contribution is -2.23. The molecule has 30 heavy (non-hydrogen) atoms. The third kappa shape index (κ3) is 5.74. The van der Waals surface area contributed by atoms with Gasteiger partial charge in [0.1, 0.15) is 11.3 Å². The van der Waals surface area contributed by atoms with Crippen LogP contribution in [0.15, 0.2) is 24.3 Å². The lowest BCUT2D eigenvalue weighted by atomic mass is 10.0. The maximum absolute atomic E-state index is 13.8. The molecule has 0 atom stereocenters. The summed E-state index contributed by atoms with van der Waals surface area (Å²) >= 11 is 0. The van der Waals surface area contributed by atoms with Crippen molar-refractivity contribution in [2.45, 2.75) is 60.1 Å². The largest absolute Gasteiger partial charge is 0.493 e. The summed E-state index contributed by atoms with van der Waals surface area (Å²) in [4.78, 5) is 16.7. The molecule has 0 spiro atoms. The molecule has 0 saturated heterocycles. The summed E-state index contributed by atoms with van der Waals surface area (Å²) in [5.41, 5.74) is 0.601. The number of rotatable bonds is 8. The molecule has 0 bridgehead atoms. The summed E-state index contributed by atoms with van der Waals surface area (Å²) in [6, 6.07) is 6.97. The Bertz CT molecular complexity index is 870. The van der Waals surface area contributed by atoms with E-state index in [4.69, 9.17) is 4.74 Å². The molecule has 0 unspecified atom stereocenters. The number of aryl methyl sites for hydroxylation is 3. The van der Waals surface area contributed by atoms with Crippen LogP contribution in [0.5, 0.6) is 5.75 Å². The Morgan fingerprint density at radius 2 is 1.77 bits per heavy atom. The molecule has 1 aromatic heterocycles. The van der Waals surface area contributed by atoms with Gasteiger partial charge >= 0.3 is 6.18 Å². The van der Waals surface area contributed by atoms with E-state index in [0.717, 1.165) is 11.1 Å². The van der Waals surface area contributed by atoms with Crippen molar-refractivity contribution in [1.82, 2.24) is 4.98 Å². The molecule has 0 aliphatic carbocycles. The van der Waals surface area contributed by atoms with Crippen LogP contribution in [0.3, 0.4) is 0 Å². The molecule has 0 aliphatic heterocycles. The quantitative estimate of drug-likeness (QED) is 0.550. The van der Waals surface area contributed by atoms with E-state index in [0.29, 0.717) is 30.9 Å². The van der Waals surface area contributed by atoms with Crippen molar-refractivity contribution in [2.24, 2.45) is 5.92 Å². The van der Waals surface area contributed by atoms with E-state index in [1.54, 1.807) is 0 Å². The van der Waals surface area contributed by atoms with Crippen LogP contribution in [-0.4, -0.2) is 17.5 Å². The number of carbonyl (C=O) groups excluding carboxylic acids is 1. The highest BCUT2D eigenvalue weighted by Crippen LogP contribution is 2.36. The summed E-state index contributed by atoms with van der Waals surface area (Å²) in [6.07, 6.45) is -2.85. The Labute approximate surface area is 175 Å². The van der Waals surface area contributed by atoms with Crippen LogP contribution in [-0.2, 0) is 19.0 Å². The first-order valence-corrected chi connectivity index (χ1v) is 10.2. The van der Waals surface area contributed by atoms with Gasteiger partial charge in [0.05, 0.1) is 6.61 Å². The Hall–Kier alpha value is -2.57. The zero-order valence-corrected chi connectivity index (χ0v) is 18.1. The summed E-state index contributed by atoms with van der Waals surface area (Å²) in [5.74, 6) is -0.652. The molecular weight excluding hydrogens is 393 g/mol. The Kier molecular flexibility index (Phi) is 7.87. The van der Waals surface area contributed by atoms with E-state index in [1.807, 2.05) is 45.9 Å². The van der Waals surface area contributed by atoms with E-state index in [9.17, 15) is 18.0 Å². The van der Waals surface area contributed by atoms with Gasteiger partial charge in [-0.05, 0) is 43.2 Å². The molecule has 1 amide bonds. The average Bonchev–Trinajstić information content (AvgIpc) is 2.66. The number of halogens is 3. The van der Waals surface area contributed by atoms with Crippen molar-refractivity contribution in [3.05, 3.63) is 52.3 Å². The molecule has 1 N–H and O–H groups in total. The molecule has 4 nitrogen and oxygen atoms in total. The van der Waals surface area contributed by atoms with Gasteiger partial charge in [0, 0.05) is 17.4 Å². The summed E-state index contributed by atoms with van der Waals surface area (Å²) in [6.45, 7) is 9.50. The second-order valence-electron chi connectivity index (χ2n) is 7.63. The molecule has 7 heteroatoms. The summed E-state index contributed by atoms with van der Waals surface area (Å²) < 4.78 is 46.9. The number of nitrogens with one attached hydrogen (secondary N) is 1. The first kappa shape index (κ1) is 23.7. The number of anilines is 1. The Morgan fingerprint density at radius 1 is 1.17 bits per heavy atom. The fourth-order valence-electron chi connectivity index (χ4n) is 3.17. The number of amides is 1.